The third-order valence-electron chi connectivity index (χ3n) is 5.88. The monoisotopic (exact) mass is 388 g/mol. The lowest BCUT2D eigenvalue weighted by molar-refractivity contribution is 0.725. The molecule has 4 heteroatoms. The molecule has 2 heterocycles. The molecule has 152 valence electrons. The molecule has 4 rings (SSSR count). The maximum absolute atomic E-state index is 5.06. The molecule has 0 atom stereocenters. The van der Waals surface area contributed by atoms with Gasteiger partial charge in [-0.15, -0.1) is 0 Å². The Morgan fingerprint density at radius 2 is 1.76 bits per heavy atom. The van der Waals surface area contributed by atoms with Crippen molar-refractivity contribution in [3.05, 3.63) is 54.1 Å². The van der Waals surface area contributed by atoms with Gasteiger partial charge in [0, 0.05) is 49.5 Å². The van der Waals surface area contributed by atoms with Crippen LogP contribution in [0.4, 0.5) is 11.4 Å². The summed E-state index contributed by atoms with van der Waals surface area (Å²) in [4.78, 5) is 9.73. The average molecular weight is 389 g/mol. The van der Waals surface area contributed by atoms with Gasteiger partial charge in [0.2, 0.25) is 0 Å². The van der Waals surface area contributed by atoms with Crippen molar-refractivity contribution in [2.75, 3.05) is 50.6 Å². The van der Waals surface area contributed by atoms with Crippen LogP contribution in [0.5, 0.6) is 0 Å². The molecule has 2 aromatic carbocycles. The average Bonchev–Trinajstić information content (AvgIpc) is 3.28. The Kier molecular flexibility index (Phi) is 6.00. The molecule has 1 N–H and O–H groups in total. The van der Waals surface area contributed by atoms with Crippen molar-refractivity contribution in [1.82, 2.24) is 10.3 Å². The minimum Gasteiger partial charge on any atom is -0.378 e. The van der Waals surface area contributed by atoms with Gasteiger partial charge in [-0.05, 0) is 69.1 Å². The van der Waals surface area contributed by atoms with Crippen LogP contribution >= 0.6 is 0 Å². The SMILES string of the molecule is CNCCCc1ccc(-c2cc(N3CCCC3)c3ccc(N(C)C)cc3n2)cc1. The van der Waals surface area contributed by atoms with Gasteiger partial charge in [-0.2, -0.15) is 0 Å². The Morgan fingerprint density at radius 1 is 1.00 bits per heavy atom. The maximum atomic E-state index is 5.06. The van der Waals surface area contributed by atoms with Gasteiger partial charge in [0.05, 0.1) is 11.2 Å². The molecule has 0 radical (unpaired) electrons. The summed E-state index contributed by atoms with van der Waals surface area (Å²) in [6.45, 7) is 3.33. The van der Waals surface area contributed by atoms with Crippen molar-refractivity contribution < 1.29 is 0 Å². The predicted octanol–water partition coefficient (Wildman–Crippen LogP) is 4.72. The first-order valence-electron chi connectivity index (χ1n) is 10.8. The van der Waals surface area contributed by atoms with E-state index < -0.39 is 0 Å². The van der Waals surface area contributed by atoms with E-state index in [1.54, 1.807) is 0 Å². The molecule has 0 saturated carbocycles. The van der Waals surface area contributed by atoms with E-state index in [1.165, 1.54) is 40.7 Å². The van der Waals surface area contributed by atoms with Gasteiger partial charge in [0.25, 0.3) is 0 Å². The summed E-state index contributed by atoms with van der Waals surface area (Å²) >= 11 is 0. The number of hydrogen-bond acceptors (Lipinski definition) is 4. The van der Waals surface area contributed by atoms with Crippen LogP contribution in [0.3, 0.4) is 0 Å². The first kappa shape index (κ1) is 19.7. The van der Waals surface area contributed by atoms with Gasteiger partial charge in [-0.25, -0.2) is 4.98 Å². The smallest absolute Gasteiger partial charge is 0.0750 e. The molecule has 29 heavy (non-hydrogen) atoms. The number of aromatic nitrogens is 1. The molecule has 0 unspecified atom stereocenters. The molecule has 3 aromatic rings. The van der Waals surface area contributed by atoms with Gasteiger partial charge in [0.1, 0.15) is 0 Å². The molecule has 0 bridgehead atoms. The van der Waals surface area contributed by atoms with Crippen molar-refractivity contribution >= 4 is 22.3 Å². The van der Waals surface area contributed by atoms with Crippen molar-refractivity contribution in [3.8, 4) is 11.3 Å². The van der Waals surface area contributed by atoms with Crippen molar-refractivity contribution in [1.29, 1.82) is 0 Å². The van der Waals surface area contributed by atoms with E-state index in [1.807, 2.05) is 7.05 Å². The zero-order chi connectivity index (χ0) is 20.2. The van der Waals surface area contributed by atoms with Gasteiger partial charge in [-0.3, -0.25) is 0 Å². The zero-order valence-corrected chi connectivity index (χ0v) is 17.9. The van der Waals surface area contributed by atoms with Crippen molar-refractivity contribution in [2.45, 2.75) is 25.7 Å². The number of rotatable bonds is 7. The molecule has 0 aliphatic carbocycles. The molecular weight excluding hydrogens is 356 g/mol. The second kappa shape index (κ2) is 8.83. The molecule has 1 aliphatic heterocycles. The Morgan fingerprint density at radius 3 is 2.45 bits per heavy atom. The molecule has 1 aromatic heterocycles. The molecular formula is C25H32N4. The fourth-order valence-electron chi connectivity index (χ4n) is 4.16. The number of benzene rings is 2. The molecule has 4 nitrogen and oxygen atoms in total. The highest BCUT2D eigenvalue weighted by molar-refractivity contribution is 5.96. The second-order valence-corrected chi connectivity index (χ2v) is 8.22. The van der Waals surface area contributed by atoms with Crippen LogP contribution in [0.15, 0.2) is 48.5 Å². The third-order valence-corrected chi connectivity index (χ3v) is 5.88. The minimum absolute atomic E-state index is 1.06. The number of nitrogens with zero attached hydrogens (tertiary/aromatic N) is 3. The summed E-state index contributed by atoms with van der Waals surface area (Å²) in [5, 5.41) is 4.47. The highest BCUT2D eigenvalue weighted by Crippen LogP contribution is 2.34. The number of anilines is 2. The van der Waals surface area contributed by atoms with Gasteiger partial charge >= 0.3 is 0 Å². The Balaban J connectivity index is 1.73. The summed E-state index contributed by atoms with van der Waals surface area (Å²) < 4.78 is 0. The van der Waals surface area contributed by atoms with Crippen LogP contribution in [0, 0.1) is 0 Å². The third kappa shape index (κ3) is 4.38. The first-order chi connectivity index (χ1) is 14.2. The molecule has 1 saturated heterocycles. The Hall–Kier alpha value is -2.59. The van der Waals surface area contributed by atoms with E-state index in [2.05, 4.69) is 77.7 Å². The van der Waals surface area contributed by atoms with E-state index in [-0.39, 0.29) is 0 Å². The van der Waals surface area contributed by atoms with Crippen molar-refractivity contribution in [2.24, 2.45) is 0 Å². The Labute approximate surface area is 174 Å². The lowest BCUT2D eigenvalue weighted by Gasteiger charge is -2.22. The van der Waals surface area contributed by atoms with Crippen LogP contribution in [-0.4, -0.2) is 45.8 Å². The fourth-order valence-corrected chi connectivity index (χ4v) is 4.16. The summed E-state index contributed by atoms with van der Waals surface area (Å²) in [7, 11) is 6.17. The maximum Gasteiger partial charge on any atom is 0.0750 e. The number of pyridine rings is 1. The standard InChI is InChI=1S/C25H32N4/c1-26-14-6-7-19-8-10-20(11-9-19)23-18-25(29-15-4-5-16-29)22-13-12-21(28(2)3)17-24(22)27-23/h8-13,17-18,26H,4-7,14-16H2,1-3H3. The van der Waals surface area contributed by atoms with Crippen molar-refractivity contribution in [3.63, 3.8) is 0 Å². The van der Waals surface area contributed by atoms with Gasteiger partial charge in [0.15, 0.2) is 0 Å². The largest absolute Gasteiger partial charge is 0.378 e. The number of hydrogen-bond donors (Lipinski definition) is 1. The Bertz CT molecular complexity index is 956. The lowest BCUT2D eigenvalue weighted by Crippen LogP contribution is -2.18. The minimum atomic E-state index is 1.06. The summed E-state index contributed by atoms with van der Waals surface area (Å²) in [6.07, 6.45) is 4.82. The van der Waals surface area contributed by atoms with E-state index in [0.717, 1.165) is 43.7 Å². The van der Waals surface area contributed by atoms with E-state index in [4.69, 9.17) is 4.98 Å². The second-order valence-electron chi connectivity index (χ2n) is 8.22. The number of nitrogens with one attached hydrogen (secondary N) is 1. The topological polar surface area (TPSA) is 31.4 Å². The van der Waals surface area contributed by atoms with E-state index in [9.17, 15) is 0 Å². The number of aryl methyl sites for hydroxylation is 1. The molecule has 0 spiro atoms. The molecule has 1 aliphatic rings. The first-order valence-corrected chi connectivity index (χ1v) is 10.8. The highest BCUT2D eigenvalue weighted by Gasteiger charge is 2.17. The van der Waals surface area contributed by atoms with Crippen LogP contribution in [-0.2, 0) is 6.42 Å². The zero-order valence-electron chi connectivity index (χ0n) is 17.9. The predicted molar refractivity (Wildman–Crippen MR) is 125 cm³/mol. The number of fused-ring (bicyclic) bond motifs is 1. The fraction of sp³-hybridized carbons (Fsp3) is 0.400. The van der Waals surface area contributed by atoms with Gasteiger partial charge in [-0.1, -0.05) is 24.3 Å². The van der Waals surface area contributed by atoms with Gasteiger partial charge < -0.3 is 15.1 Å². The summed E-state index contributed by atoms with van der Waals surface area (Å²) in [6, 6.07) is 17.9. The summed E-state index contributed by atoms with van der Waals surface area (Å²) in [5.41, 5.74) is 7.24. The quantitative estimate of drug-likeness (QED) is 0.594. The van der Waals surface area contributed by atoms with Crippen LogP contribution < -0.4 is 15.1 Å². The molecule has 0 amide bonds. The lowest BCUT2D eigenvalue weighted by atomic mass is 10.0. The summed E-state index contributed by atoms with van der Waals surface area (Å²) in [5.74, 6) is 0. The van der Waals surface area contributed by atoms with E-state index >= 15 is 0 Å². The van der Waals surface area contributed by atoms with Crippen LogP contribution in [0.25, 0.3) is 22.2 Å². The van der Waals surface area contributed by atoms with E-state index in [0.29, 0.717) is 0 Å². The highest BCUT2D eigenvalue weighted by atomic mass is 15.1. The normalized spacial score (nSPS) is 14.0. The van der Waals surface area contributed by atoms with Crippen LogP contribution in [0.1, 0.15) is 24.8 Å². The molecule has 1 fully saturated rings. The van der Waals surface area contributed by atoms with Crippen LogP contribution in [0.2, 0.25) is 0 Å².